The quantitative estimate of drug-likeness (QED) is 0.670. The molecule has 3 rings (SSSR count). The molecule has 24 heavy (non-hydrogen) atoms. The molecule has 0 bridgehead atoms. The Morgan fingerprint density at radius 1 is 0.958 bits per heavy atom. The fourth-order valence-electron chi connectivity index (χ4n) is 2.46. The van der Waals surface area contributed by atoms with Gasteiger partial charge in [0.1, 0.15) is 11.6 Å². The molecule has 2 aromatic carbocycles. The Hall–Kier alpha value is -2.44. The topological polar surface area (TPSA) is 53.0 Å². The third kappa shape index (κ3) is 3.55. The number of rotatable bonds is 4. The van der Waals surface area contributed by atoms with Crippen LogP contribution in [-0.4, -0.2) is 13.7 Å². The summed E-state index contributed by atoms with van der Waals surface area (Å²) in [6, 6.07) is 12.1. The van der Waals surface area contributed by atoms with Crippen molar-refractivity contribution < 1.29 is 17.5 Å². The molecule has 1 aromatic heterocycles. The SMILES string of the molecule is O=S([O-])Cc1ccc(-c2cnccc2-c2ccc(F)cc2)cc1F. The molecule has 0 saturated carbocycles. The average Bonchev–Trinajstić information content (AvgIpc) is 2.57. The molecule has 0 radical (unpaired) electrons. The third-order valence-electron chi connectivity index (χ3n) is 3.61. The number of hydrogen-bond acceptors (Lipinski definition) is 3. The van der Waals surface area contributed by atoms with Gasteiger partial charge in [0.25, 0.3) is 0 Å². The number of pyridine rings is 1. The van der Waals surface area contributed by atoms with Crippen molar-refractivity contribution in [1.82, 2.24) is 4.98 Å². The van der Waals surface area contributed by atoms with Gasteiger partial charge < -0.3 is 4.55 Å². The Balaban J connectivity index is 2.06. The first-order chi connectivity index (χ1) is 11.5. The fraction of sp³-hybridized carbons (Fsp3) is 0.0556. The predicted molar refractivity (Wildman–Crippen MR) is 87.6 cm³/mol. The van der Waals surface area contributed by atoms with E-state index in [4.69, 9.17) is 0 Å². The second-order valence-corrected chi connectivity index (χ2v) is 6.08. The molecule has 6 heteroatoms. The van der Waals surface area contributed by atoms with Gasteiger partial charge in [-0.1, -0.05) is 35.3 Å². The summed E-state index contributed by atoms with van der Waals surface area (Å²) in [5.74, 6) is -1.30. The summed E-state index contributed by atoms with van der Waals surface area (Å²) in [5, 5.41) is 0. The van der Waals surface area contributed by atoms with E-state index in [2.05, 4.69) is 4.98 Å². The first kappa shape index (κ1) is 16.4. The van der Waals surface area contributed by atoms with Crippen LogP contribution >= 0.6 is 0 Å². The van der Waals surface area contributed by atoms with Crippen LogP contribution < -0.4 is 0 Å². The summed E-state index contributed by atoms with van der Waals surface area (Å²) in [5.41, 5.74) is 2.92. The lowest BCUT2D eigenvalue weighted by atomic mass is 9.96. The largest absolute Gasteiger partial charge is 0.772 e. The van der Waals surface area contributed by atoms with Crippen molar-refractivity contribution in [1.29, 1.82) is 0 Å². The van der Waals surface area contributed by atoms with Crippen LogP contribution in [0.15, 0.2) is 60.9 Å². The van der Waals surface area contributed by atoms with Crippen LogP contribution in [0.4, 0.5) is 8.78 Å². The number of hydrogen-bond donors (Lipinski definition) is 0. The Morgan fingerprint density at radius 2 is 1.67 bits per heavy atom. The van der Waals surface area contributed by atoms with E-state index in [1.54, 1.807) is 36.7 Å². The van der Waals surface area contributed by atoms with Crippen LogP contribution in [0.25, 0.3) is 22.3 Å². The molecule has 3 nitrogen and oxygen atoms in total. The lowest BCUT2D eigenvalue weighted by Gasteiger charge is -2.12. The normalized spacial score (nSPS) is 12.1. The van der Waals surface area contributed by atoms with Gasteiger partial charge in [-0.05, 0) is 46.5 Å². The van der Waals surface area contributed by atoms with Crippen LogP contribution in [0.1, 0.15) is 5.56 Å². The van der Waals surface area contributed by atoms with Crippen molar-refractivity contribution in [3.63, 3.8) is 0 Å². The Bertz CT molecular complexity index is 898. The second kappa shape index (κ2) is 6.98. The van der Waals surface area contributed by atoms with Crippen LogP contribution in [0.3, 0.4) is 0 Å². The molecule has 0 N–H and O–H groups in total. The van der Waals surface area contributed by atoms with Crippen LogP contribution in [0, 0.1) is 11.6 Å². The van der Waals surface area contributed by atoms with Gasteiger partial charge in [-0.25, -0.2) is 8.78 Å². The second-order valence-electron chi connectivity index (χ2n) is 5.18. The van der Waals surface area contributed by atoms with Gasteiger partial charge in [0.2, 0.25) is 0 Å². The van der Waals surface area contributed by atoms with Gasteiger partial charge in [-0.15, -0.1) is 0 Å². The van der Waals surface area contributed by atoms with E-state index in [1.807, 2.05) is 0 Å². The van der Waals surface area contributed by atoms with E-state index in [9.17, 15) is 17.5 Å². The molecule has 0 amide bonds. The van der Waals surface area contributed by atoms with Crippen molar-refractivity contribution in [3.05, 3.63) is 78.1 Å². The highest BCUT2D eigenvalue weighted by atomic mass is 32.2. The minimum absolute atomic E-state index is 0.110. The predicted octanol–water partition coefficient (Wildman–Crippen LogP) is 4.07. The zero-order valence-corrected chi connectivity index (χ0v) is 13.2. The van der Waals surface area contributed by atoms with E-state index in [1.165, 1.54) is 24.3 Å². The average molecular weight is 344 g/mol. The molecule has 0 saturated heterocycles. The maximum atomic E-state index is 14.1. The monoisotopic (exact) mass is 344 g/mol. The summed E-state index contributed by atoms with van der Waals surface area (Å²) in [6.07, 6.45) is 3.20. The number of aromatic nitrogens is 1. The molecular weight excluding hydrogens is 332 g/mol. The molecule has 0 fully saturated rings. The van der Waals surface area contributed by atoms with E-state index in [-0.39, 0.29) is 17.1 Å². The zero-order chi connectivity index (χ0) is 17.1. The van der Waals surface area contributed by atoms with Crippen molar-refractivity contribution >= 4 is 11.1 Å². The van der Waals surface area contributed by atoms with E-state index in [0.717, 1.165) is 11.1 Å². The minimum Gasteiger partial charge on any atom is -0.772 e. The first-order valence-electron chi connectivity index (χ1n) is 7.09. The summed E-state index contributed by atoms with van der Waals surface area (Å²) in [6.45, 7) is 0. The van der Waals surface area contributed by atoms with Crippen LogP contribution in [-0.2, 0) is 16.8 Å². The lowest BCUT2D eigenvalue weighted by molar-refractivity contribution is 0.533. The van der Waals surface area contributed by atoms with Gasteiger partial charge in [-0.2, -0.15) is 0 Å². The van der Waals surface area contributed by atoms with E-state index < -0.39 is 16.9 Å². The summed E-state index contributed by atoms with van der Waals surface area (Å²) in [4.78, 5) is 4.07. The lowest BCUT2D eigenvalue weighted by Crippen LogP contribution is -1.97. The molecule has 0 aliphatic carbocycles. The summed E-state index contributed by atoms with van der Waals surface area (Å²) >= 11 is -2.35. The highest BCUT2D eigenvalue weighted by molar-refractivity contribution is 7.78. The van der Waals surface area contributed by atoms with Gasteiger partial charge in [0.05, 0.1) is 0 Å². The van der Waals surface area contributed by atoms with Crippen molar-refractivity contribution in [3.8, 4) is 22.3 Å². The minimum atomic E-state index is -2.35. The fourth-order valence-corrected chi connectivity index (χ4v) is 2.95. The van der Waals surface area contributed by atoms with Crippen molar-refractivity contribution in [2.45, 2.75) is 5.75 Å². The molecular formula is C18H12F2NO2S-. The smallest absolute Gasteiger partial charge is 0.127 e. The first-order valence-corrected chi connectivity index (χ1v) is 8.33. The zero-order valence-electron chi connectivity index (χ0n) is 12.4. The number of benzene rings is 2. The number of nitrogens with zero attached hydrogens (tertiary/aromatic N) is 1. The Labute approximate surface area is 140 Å². The highest BCUT2D eigenvalue weighted by Gasteiger charge is 2.11. The van der Waals surface area contributed by atoms with Gasteiger partial charge in [-0.3, -0.25) is 9.19 Å². The Morgan fingerprint density at radius 3 is 2.33 bits per heavy atom. The molecule has 0 spiro atoms. The van der Waals surface area contributed by atoms with E-state index in [0.29, 0.717) is 11.1 Å². The molecule has 1 heterocycles. The van der Waals surface area contributed by atoms with E-state index >= 15 is 0 Å². The van der Waals surface area contributed by atoms with Gasteiger partial charge in [0.15, 0.2) is 0 Å². The van der Waals surface area contributed by atoms with Crippen LogP contribution in [0.5, 0.6) is 0 Å². The van der Waals surface area contributed by atoms with Crippen molar-refractivity contribution in [2.24, 2.45) is 0 Å². The van der Waals surface area contributed by atoms with Crippen LogP contribution in [0.2, 0.25) is 0 Å². The number of halogens is 2. The third-order valence-corrected chi connectivity index (χ3v) is 4.16. The molecule has 0 aliphatic heterocycles. The Kier molecular flexibility index (Phi) is 4.78. The maximum Gasteiger partial charge on any atom is 0.127 e. The summed E-state index contributed by atoms with van der Waals surface area (Å²) in [7, 11) is 0. The molecule has 1 atom stereocenters. The molecule has 3 aromatic rings. The summed E-state index contributed by atoms with van der Waals surface area (Å²) < 4.78 is 48.7. The standard InChI is InChI=1S/C18H13F2NO2S/c19-15-5-3-12(4-6-15)16-7-8-21-10-17(16)13-1-2-14(11-24(22)23)18(20)9-13/h1-10H,11H2,(H,22,23)/p-1. The van der Waals surface area contributed by atoms with Crippen molar-refractivity contribution in [2.75, 3.05) is 0 Å². The maximum absolute atomic E-state index is 14.1. The molecule has 1 unspecified atom stereocenters. The molecule has 122 valence electrons. The van der Waals surface area contributed by atoms with Gasteiger partial charge >= 0.3 is 0 Å². The highest BCUT2D eigenvalue weighted by Crippen LogP contribution is 2.32. The van der Waals surface area contributed by atoms with Gasteiger partial charge in [0, 0.05) is 23.7 Å². The molecule has 0 aliphatic rings.